The van der Waals surface area contributed by atoms with Crippen LogP contribution in [0.2, 0.25) is 5.02 Å². The van der Waals surface area contributed by atoms with Gasteiger partial charge < -0.3 is 10.2 Å². The summed E-state index contributed by atoms with van der Waals surface area (Å²) in [6.45, 7) is 0. The maximum Gasteiger partial charge on any atom is 0.150 e. The summed E-state index contributed by atoms with van der Waals surface area (Å²) in [6.07, 6.45) is -1.06. The van der Waals surface area contributed by atoms with E-state index in [1.165, 1.54) is 6.07 Å². The van der Waals surface area contributed by atoms with Crippen LogP contribution in [-0.4, -0.2) is 28.4 Å². The monoisotopic (exact) mass is 260 g/mol. The third-order valence-electron chi connectivity index (χ3n) is 2.28. The van der Waals surface area contributed by atoms with Crippen LogP contribution in [0.3, 0.4) is 0 Å². The number of aldehydes is 1. The van der Waals surface area contributed by atoms with Crippen LogP contribution in [0.15, 0.2) is 18.2 Å². The highest BCUT2D eigenvalue weighted by atomic mass is 35.5. The van der Waals surface area contributed by atoms with Crippen molar-refractivity contribution in [3.8, 4) is 0 Å². The van der Waals surface area contributed by atoms with E-state index < -0.39 is 12.2 Å². The van der Waals surface area contributed by atoms with Gasteiger partial charge in [0, 0.05) is 10.6 Å². The summed E-state index contributed by atoms with van der Waals surface area (Å²) in [5.41, 5.74) is 0.673. The van der Waals surface area contributed by atoms with Crippen LogP contribution in [0, 0.1) is 0 Å². The van der Waals surface area contributed by atoms with Gasteiger partial charge in [0.05, 0.1) is 6.10 Å². The fourth-order valence-corrected chi connectivity index (χ4v) is 1.86. The standard InChI is InChI=1S/C11H13ClO3S/c12-8-1-2-9(7(5-8)6-13)11(15)10(14)3-4-16/h1-2,5-6,10-11,14-16H,3-4H2. The Morgan fingerprint density at radius 3 is 2.69 bits per heavy atom. The number of hydrogen-bond donors (Lipinski definition) is 3. The molecule has 0 amide bonds. The molecular formula is C11H13ClO3S. The Bertz CT molecular complexity index is 370. The molecule has 0 spiro atoms. The topological polar surface area (TPSA) is 57.5 Å². The van der Waals surface area contributed by atoms with Gasteiger partial charge in [-0.15, -0.1) is 0 Å². The van der Waals surface area contributed by atoms with Crippen LogP contribution >= 0.6 is 24.2 Å². The van der Waals surface area contributed by atoms with Gasteiger partial charge in [0.2, 0.25) is 0 Å². The van der Waals surface area contributed by atoms with E-state index in [1.807, 2.05) is 0 Å². The molecule has 3 nitrogen and oxygen atoms in total. The second-order valence-corrected chi connectivity index (χ2v) is 4.30. The Kier molecular flexibility index (Phi) is 5.28. The highest BCUT2D eigenvalue weighted by Crippen LogP contribution is 2.24. The quantitative estimate of drug-likeness (QED) is 0.560. The first-order valence-corrected chi connectivity index (χ1v) is 5.82. The molecule has 16 heavy (non-hydrogen) atoms. The van der Waals surface area contributed by atoms with Gasteiger partial charge in [-0.1, -0.05) is 17.7 Å². The Morgan fingerprint density at radius 2 is 2.12 bits per heavy atom. The summed E-state index contributed by atoms with van der Waals surface area (Å²) in [6, 6.07) is 4.57. The molecule has 0 heterocycles. The van der Waals surface area contributed by atoms with E-state index in [4.69, 9.17) is 11.6 Å². The number of rotatable bonds is 5. The van der Waals surface area contributed by atoms with Crippen LogP contribution in [0.25, 0.3) is 0 Å². The smallest absolute Gasteiger partial charge is 0.150 e. The largest absolute Gasteiger partial charge is 0.390 e. The Hall–Kier alpha value is -0.550. The molecule has 0 aliphatic heterocycles. The van der Waals surface area contributed by atoms with Gasteiger partial charge in [-0.2, -0.15) is 12.6 Å². The molecule has 0 aliphatic rings. The number of halogens is 1. The van der Waals surface area contributed by atoms with Gasteiger partial charge >= 0.3 is 0 Å². The molecular weight excluding hydrogens is 248 g/mol. The molecule has 1 rings (SSSR count). The minimum Gasteiger partial charge on any atom is -0.390 e. The van der Waals surface area contributed by atoms with E-state index in [1.54, 1.807) is 12.1 Å². The van der Waals surface area contributed by atoms with Gasteiger partial charge in [-0.25, -0.2) is 0 Å². The molecule has 1 aromatic carbocycles. The molecule has 0 aromatic heterocycles. The summed E-state index contributed by atoms with van der Waals surface area (Å²) in [7, 11) is 0. The summed E-state index contributed by atoms with van der Waals surface area (Å²) in [4.78, 5) is 10.8. The average Bonchev–Trinajstić information content (AvgIpc) is 2.28. The molecule has 0 saturated carbocycles. The average molecular weight is 261 g/mol. The van der Waals surface area contributed by atoms with Crippen LogP contribution < -0.4 is 0 Å². The van der Waals surface area contributed by atoms with Crippen molar-refractivity contribution in [3.63, 3.8) is 0 Å². The Balaban J connectivity index is 2.98. The molecule has 2 unspecified atom stereocenters. The third-order valence-corrected chi connectivity index (χ3v) is 2.78. The number of aliphatic hydroxyl groups is 2. The number of carbonyl (C=O) groups is 1. The van der Waals surface area contributed by atoms with Crippen molar-refractivity contribution in [2.24, 2.45) is 0 Å². The van der Waals surface area contributed by atoms with Crippen molar-refractivity contribution < 1.29 is 15.0 Å². The number of carbonyl (C=O) groups excluding carboxylic acids is 1. The van der Waals surface area contributed by atoms with Crippen LogP contribution in [0.4, 0.5) is 0 Å². The lowest BCUT2D eigenvalue weighted by molar-refractivity contribution is 0.0169. The van der Waals surface area contributed by atoms with E-state index in [0.717, 1.165) is 0 Å². The van der Waals surface area contributed by atoms with Gasteiger partial charge in [-0.05, 0) is 29.9 Å². The lowest BCUT2D eigenvalue weighted by Gasteiger charge is -2.18. The Labute approximate surface area is 104 Å². The summed E-state index contributed by atoms with van der Waals surface area (Å²) in [5.74, 6) is 0.461. The maximum atomic E-state index is 10.8. The van der Waals surface area contributed by atoms with Crippen LogP contribution in [0.1, 0.15) is 28.4 Å². The van der Waals surface area contributed by atoms with E-state index in [-0.39, 0.29) is 0 Å². The zero-order valence-electron chi connectivity index (χ0n) is 8.51. The molecule has 0 aliphatic carbocycles. The summed E-state index contributed by atoms with van der Waals surface area (Å²) < 4.78 is 0. The SMILES string of the molecule is O=Cc1cc(Cl)ccc1C(O)C(O)CCS. The molecule has 0 fully saturated rings. The van der Waals surface area contributed by atoms with E-state index >= 15 is 0 Å². The normalized spacial score (nSPS) is 14.5. The molecule has 0 bridgehead atoms. The molecule has 2 atom stereocenters. The van der Waals surface area contributed by atoms with Crippen LogP contribution in [0.5, 0.6) is 0 Å². The number of aliphatic hydroxyl groups excluding tert-OH is 2. The number of thiol groups is 1. The maximum absolute atomic E-state index is 10.8. The molecule has 1 aromatic rings. The zero-order chi connectivity index (χ0) is 12.1. The number of hydrogen-bond acceptors (Lipinski definition) is 4. The highest BCUT2D eigenvalue weighted by molar-refractivity contribution is 7.80. The van der Waals surface area contributed by atoms with Gasteiger partial charge in [0.15, 0.2) is 0 Å². The second kappa shape index (κ2) is 6.25. The molecule has 88 valence electrons. The van der Waals surface area contributed by atoms with E-state index in [2.05, 4.69) is 12.6 Å². The molecule has 2 N–H and O–H groups in total. The molecule has 0 radical (unpaired) electrons. The fourth-order valence-electron chi connectivity index (χ4n) is 1.41. The van der Waals surface area contributed by atoms with Crippen molar-refractivity contribution in [2.45, 2.75) is 18.6 Å². The minimum absolute atomic E-state index is 0.290. The zero-order valence-corrected chi connectivity index (χ0v) is 10.2. The van der Waals surface area contributed by atoms with Crippen molar-refractivity contribution >= 4 is 30.5 Å². The lowest BCUT2D eigenvalue weighted by Crippen LogP contribution is -2.19. The summed E-state index contributed by atoms with van der Waals surface area (Å²) >= 11 is 9.70. The second-order valence-electron chi connectivity index (χ2n) is 3.42. The van der Waals surface area contributed by atoms with E-state index in [0.29, 0.717) is 34.6 Å². The van der Waals surface area contributed by atoms with Crippen molar-refractivity contribution in [1.82, 2.24) is 0 Å². The first kappa shape index (κ1) is 13.5. The first-order chi connectivity index (χ1) is 7.60. The van der Waals surface area contributed by atoms with Crippen molar-refractivity contribution in [3.05, 3.63) is 34.3 Å². The highest BCUT2D eigenvalue weighted by Gasteiger charge is 2.20. The van der Waals surface area contributed by atoms with Gasteiger partial charge in [0.1, 0.15) is 12.4 Å². The number of benzene rings is 1. The predicted octanol–water partition coefficient (Wildman–Crippen LogP) is 1.87. The fraction of sp³-hybridized carbons (Fsp3) is 0.364. The van der Waals surface area contributed by atoms with Gasteiger partial charge in [0.25, 0.3) is 0 Å². The molecule has 0 saturated heterocycles. The summed E-state index contributed by atoms with van der Waals surface area (Å²) in [5, 5.41) is 19.9. The third kappa shape index (κ3) is 3.22. The minimum atomic E-state index is -1.09. The van der Waals surface area contributed by atoms with Gasteiger partial charge in [-0.3, -0.25) is 4.79 Å². The van der Waals surface area contributed by atoms with E-state index in [9.17, 15) is 15.0 Å². The van der Waals surface area contributed by atoms with Crippen molar-refractivity contribution in [1.29, 1.82) is 0 Å². The first-order valence-electron chi connectivity index (χ1n) is 4.81. The van der Waals surface area contributed by atoms with Crippen molar-refractivity contribution in [2.75, 3.05) is 5.75 Å². The lowest BCUT2D eigenvalue weighted by atomic mass is 9.98. The molecule has 5 heteroatoms. The predicted molar refractivity (Wildman–Crippen MR) is 66.3 cm³/mol. The Morgan fingerprint density at radius 1 is 1.44 bits per heavy atom. The van der Waals surface area contributed by atoms with Crippen LogP contribution in [-0.2, 0) is 0 Å².